The Morgan fingerprint density at radius 3 is 2.40 bits per heavy atom. The lowest BCUT2D eigenvalue weighted by atomic mass is 10.1. The lowest BCUT2D eigenvalue weighted by Crippen LogP contribution is -2.51. The first-order valence-electron chi connectivity index (χ1n) is 13.2. The Kier molecular flexibility index (Phi) is 7.45. The van der Waals surface area contributed by atoms with Crippen LogP contribution in [0.15, 0.2) is 59.8 Å². The molecule has 16 heteroatoms. The summed E-state index contributed by atoms with van der Waals surface area (Å²) in [4.78, 5) is 23.2. The van der Waals surface area contributed by atoms with Gasteiger partial charge in [0, 0.05) is 42.6 Å². The van der Waals surface area contributed by atoms with Crippen molar-refractivity contribution in [2.45, 2.75) is 4.90 Å². The van der Waals surface area contributed by atoms with Crippen molar-refractivity contribution in [3.8, 4) is 11.5 Å². The lowest BCUT2D eigenvalue weighted by molar-refractivity contribution is -0.348. The van der Waals surface area contributed by atoms with Gasteiger partial charge in [-0.2, -0.15) is 0 Å². The van der Waals surface area contributed by atoms with E-state index >= 15 is 0 Å². The fraction of sp³-hybridized carbons (Fsp3) is 0.222. The highest BCUT2D eigenvalue weighted by Gasteiger charge is 2.28. The number of rotatable bonds is 7. The van der Waals surface area contributed by atoms with E-state index in [4.69, 9.17) is 27.4 Å². The third-order valence-corrected chi connectivity index (χ3v) is 8.79. The number of sulfonamides is 1. The summed E-state index contributed by atoms with van der Waals surface area (Å²) < 4.78 is 38.7. The number of thiocarbonyl (C=S) groups is 1. The summed E-state index contributed by atoms with van der Waals surface area (Å²) in [5, 5.41) is 5.59. The monoisotopic (exact) mass is 621 g/mol. The predicted molar refractivity (Wildman–Crippen MR) is 167 cm³/mol. The minimum absolute atomic E-state index is 0.00228. The molecule has 1 aliphatic heterocycles. The molecule has 0 aliphatic carbocycles. The Balaban J connectivity index is 1.14. The van der Waals surface area contributed by atoms with Gasteiger partial charge in [0.1, 0.15) is 5.39 Å². The number of aromatic amines is 2. The molecule has 6 N–H and O–H groups in total. The second kappa shape index (κ2) is 11.4. The summed E-state index contributed by atoms with van der Waals surface area (Å²) in [7, 11) is -0.629. The van der Waals surface area contributed by atoms with Crippen LogP contribution in [-0.2, 0) is 10.0 Å². The molecule has 0 bridgehead atoms. The van der Waals surface area contributed by atoms with Gasteiger partial charge in [-0.15, -0.1) is 0 Å². The number of nitrogens with two attached hydrogens (primary N) is 1. The maximum absolute atomic E-state index is 12.7. The van der Waals surface area contributed by atoms with E-state index in [0.29, 0.717) is 60.1 Å². The first kappa shape index (κ1) is 28.2. The maximum atomic E-state index is 12.7. The number of nitrogens with zero attached hydrogens (tertiary/aromatic N) is 5. The molecular formula is C27H29N10O4S2+. The molecule has 6 rings (SSSR count). The highest BCUT2D eigenvalue weighted by molar-refractivity contribution is 7.92. The number of fused-ring (bicyclic) bond motifs is 3. The second-order valence-corrected chi connectivity index (χ2v) is 11.7. The Hall–Kier alpha value is -4.96. The molecule has 3 aromatic heterocycles. The summed E-state index contributed by atoms with van der Waals surface area (Å²) in [6, 6.07) is 11.7. The third-order valence-electron chi connectivity index (χ3n) is 7.09. The number of benzene rings is 2. The molecule has 5 aromatic rings. The smallest absolute Gasteiger partial charge is 0.344 e. The molecular weight excluding hydrogens is 592 g/mol. The predicted octanol–water partition coefficient (Wildman–Crippen LogP) is 2.24. The fourth-order valence-corrected chi connectivity index (χ4v) is 6.24. The summed E-state index contributed by atoms with van der Waals surface area (Å²) in [6.07, 6.45) is 2.92. The van der Waals surface area contributed by atoms with Crippen LogP contribution in [0.5, 0.6) is 11.5 Å². The van der Waals surface area contributed by atoms with Crippen LogP contribution in [0.1, 0.15) is 0 Å². The zero-order valence-corrected chi connectivity index (χ0v) is 24.9. The van der Waals surface area contributed by atoms with Gasteiger partial charge < -0.3 is 35.3 Å². The van der Waals surface area contributed by atoms with Crippen LogP contribution < -0.4 is 35.1 Å². The molecule has 0 spiro atoms. The van der Waals surface area contributed by atoms with Crippen LogP contribution in [-0.4, -0.2) is 78.8 Å². The van der Waals surface area contributed by atoms with Crippen molar-refractivity contribution in [1.82, 2.24) is 24.8 Å². The summed E-state index contributed by atoms with van der Waals surface area (Å²) in [5.41, 5.74) is 8.33. The minimum Gasteiger partial charge on any atom is -0.493 e. The van der Waals surface area contributed by atoms with Gasteiger partial charge in [-0.3, -0.25) is 0 Å². The molecule has 1 aliphatic rings. The van der Waals surface area contributed by atoms with Crippen LogP contribution in [0.25, 0.3) is 21.9 Å². The largest absolute Gasteiger partial charge is 0.493 e. The average molecular weight is 622 g/mol. The van der Waals surface area contributed by atoms with Crippen molar-refractivity contribution in [3.63, 3.8) is 0 Å². The molecule has 2 aromatic carbocycles. The van der Waals surface area contributed by atoms with Crippen molar-refractivity contribution < 1.29 is 22.9 Å². The van der Waals surface area contributed by atoms with Gasteiger partial charge >= 0.3 is 5.95 Å². The molecule has 0 radical (unpaired) electrons. The van der Waals surface area contributed by atoms with E-state index in [1.807, 2.05) is 12.1 Å². The molecule has 4 heterocycles. The molecule has 1 fully saturated rings. The Bertz CT molecular complexity index is 1910. The zero-order valence-electron chi connectivity index (χ0n) is 23.3. The van der Waals surface area contributed by atoms with Crippen molar-refractivity contribution in [2.24, 2.45) is 0 Å². The fourth-order valence-electron chi connectivity index (χ4n) is 4.98. The van der Waals surface area contributed by atoms with Crippen molar-refractivity contribution in [3.05, 3.63) is 54.9 Å². The minimum atomic E-state index is -3.83. The molecule has 0 saturated carbocycles. The number of aromatic nitrogens is 5. The molecule has 222 valence electrons. The van der Waals surface area contributed by atoms with E-state index in [0.717, 1.165) is 22.1 Å². The normalized spacial score (nSPS) is 13.7. The van der Waals surface area contributed by atoms with Gasteiger partial charge in [0.25, 0.3) is 10.0 Å². The second-order valence-electron chi connectivity index (χ2n) is 9.68. The van der Waals surface area contributed by atoms with Crippen LogP contribution >= 0.6 is 12.2 Å². The number of hydrogen-bond donors (Lipinski definition) is 4. The number of ether oxygens (including phenoxy) is 2. The number of nitrogens with one attached hydrogen (secondary N) is 4. The lowest BCUT2D eigenvalue weighted by Gasteiger charge is -2.35. The first-order chi connectivity index (χ1) is 20.8. The first-order valence-corrected chi connectivity index (χ1v) is 15.1. The van der Waals surface area contributed by atoms with E-state index in [2.05, 4.69) is 44.8 Å². The number of anilines is 4. The van der Waals surface area contributed by atoms with Gasteiger partial charge in [0.15, 0.2) is 16.6 Å². The van der Waals surface area contributed by atoms with Gasteiger partial charge in [-0.25, -0.2) is 28.1 Å². The molecule has 0 atom stereocenters. The Morgan fingerprint density at radius 1 is 1.05 bits per heavy atom. The highest BCUT2D eigenvalue weighted by Crippen LogP contribution is 2.38. The van der Waals surface area contributed by atoms with Crippen LogP contribution in [0.2, 0.25) is 0 Å². The molecule has 1 saturated heterocycles. The molecule has 0 unspecified atom stereocenters. The molecule has 14 nitrogen and oxygen atoms in total. The maximum Gasteiger partial charge on any atom is 0.344 e. The van der Waals surface area contributed by atoms with E-state index in [1.165, 1.54) is 24.5 Å². The van der Waals surface area contributed by atoms with Gasteiger partial charge in [-0.05, 0) is 48.6 Å². The number of methoxy groups -OCH3 is 2. The quantitative estimate of drug-likeness (QED) is 0.195. The van der Waals surface area contributed by atoms with Crippen LogP contribution in [0.3, 0.4) is 0 Å². The van der Waals surface area contributed by atoms with E-state index in [9.17, 15) is 8.42 Å². The average Bonchev–Trinajstić information content (AvgIpc) is 3.37. The topological polar surface area (TPSA) is 178 Å². The Labute approximate surface area is 252 Å². The Morgan fingerprint density at radius 2 is 1.72 bits per heavy atom. The molecule has 0 amide bonds. The van der Waals surface area contributed by atoms with Crippen LogP contribution in [0, 0.1) is 0 Å². The van der Waals surface area contributed by atoms with Crippen molar-refractivity contribution in [1.29, 1.82) is 0 Å². The SMILES string of the molecule is COc1cc2[nH]c3nc(N)[nH+]c(N4CCN(C(=S)Nc5ccc(S(=O)(=O)Nc6ncccn6)cc5)CC4)c3c2cc1OC. The number of nitrogen functional groups attached to an aromatic ring is 1. The standard InChI is InChI=1S/C27H28N10O4S2/c1-40-20-14-18-19(15-21(20)41-2)32-23-22(18)24(34-25(28)33-23)36-10-12-37(13-11-36)27(42)31-16-4-6-17(7-5-16)43(38,39)35-26-29-8-3-9-30-26/h3-9,14-15H,10-13H2,1-2H3,(H,31,42)(H,29,30,35)(H3,28,32,33,34)/p+1. The summed E-state index contributed by atoms with van der Waals surface area (Å²) >= 11 is 5.68. The van der Waals surface area contributed by atoms with Gasteiger partial charge in [0.05, 0.1) is 37.7 Å². The highest BCUT2D eigenvalue weighted by atomic mass is 32.2. The summed E-state index contributed by atoms with van der Waals surface area (Å²) in [6.45, 7) is 2.63. The van der Waals surface area contributed by atoms with E-state index in [-0.39, 0.29) is 10.8 Å². The van der Waals surface area contributed by atoms with Crippen LogP contribution in [0.4, 0.5) is 23.4 Å². The van der Waals surface area contributed by atoms with Crippen molar-refractivity contribution >= 4 is 72.7 Å². The number of hydrogen-bond acceptors (Lipinski definition) is 10. The van der Waals surface area contributed by atoms with E-state index < -0.39 is 10.0 Å². The number of H-pyrrole nitrogens is 2. The zero-order chi connectivity index (χ0) is 30.1. The summed E-state index contributed by atoms with van der Waals surface area (Å²) in [5.74, 6) is 2.38. The van der Waals surface area contributed by atoms with E-state index in [1.54, 1.807) is 32.4 Å². The number of piperazine rings is 1. The van der Waals surface area contributed by atoms with Gasteiger partial charge in [-0.1, -0.05) is 4.98 Å². The molecule has 43 heavy (non-hydrogen) atoms. The van der Waals surface area contributed by atoms with Gasteiger partial charge in [0.2, 0.25) is 17.4 Å². The van der Waals surface area contributed by atoms with Crippen molar-refractivity contribution in [2.75, 3.05) is 61.1 Å². The third kappa shape index (κ3) is 5.61.